The van der Waals surface area contributed by atoms with Crippen LogP contribution in [0.3, 0.4) is 0 Å². The van der Waals surface area contributed by atoms with Crippen LogP contribution in [0.25, 0.3) is 21.1 Å². The maximum atomic E-state index is 12.9. The Balaban J connectivity index is 2.18. The molecule has 0 radical (unpaired) electrons. The number of hydrogen-bond acceptors (Lipinski definition) is 4. The van der Waals surface area contributed by atoms with E-state index in [1.54, 1.807) is 11.3 Å². The van der Waals surface area contributed by atoms with Gasteiger partial charge < -0.3 is 4.90 Å². The van der Waals surface area contributed by atoms with Crippen molar-refractivity contribution in [3.05, 3.63) is 39.6 Å². The van der Waals surface area contributed by atoms with Crippen LogP contribution < -0.4 is 5.56 Å². The highest BCUT2D eigenvalue weighted by molar-refractivity contribution is 7.18. The molecule has 0 aliphatic rings. The van der Waals surface area contributed by atoms with E-state index in [-0.39, 0.29) is 5.56 Å². The Hall–Kier alpha value is -1.72. The van der Waals surface area contributed by atoms with Gasteiger partial charge in [0.2, 0.25) is 0 Å². The molecule has 0 bridgehead atoms. The summed E-state index contributed by atoms with van der Waals surface area (Å²) in [6.07, 6.45) is 0. The predicted molar refractivity (Wildman–Crippen MR) is 93.9 cm³/mol. The predicted octanol–water partition coefficient (Wildman–Crippen LogP) is 3.26. The summed E-state index contributed by atoms with van der Waals surface area (Å²) in [7, 11) is 0. The average molecular weight is 315 g/mol. The molecule has 0 N–H and O–H groups in total. The summed E-state index contributed by atoms with van der Waals surface area (Å²) in [4.78, 5) is 20.8. The number of thiazole rings is 1. The van der Waals surface area contributed by atoms with Gasteiger partial charge in [-0.2, -0.15) is 0 Å². The molecule has 0 saturated carbocycles. The summed E-state index contributed by atoms with van der Waals surface area (Å²) in [5.41, 5.74) is 1.05. The normalized spacial score (nSPS) is 11.8. The van der Waals surface area contributed by atoms with Gasteiger partial charge >= 0.3 is 0 Å². The van der Waals surface area contributed by atoms with Crippen LogP contribution >= 0.6 is 11.3 Å². The molecule has 0 amide bonds. The maximum absolute atomic E-state index is 12.9. The van der Waals surface area contributed by atoms with E-state index < -0.39 is 0 Å². The summed E-state index contributed by atoms with van der Waals surface area (Å²) in [6.45, 7) is 9.91. The molecule has 0 saturated heterocycles. The second-order valence-corrected chi connectivity index (χ2v) is 6.60. The Kier molecular flexibility index (Phi) is 4.27. The Morgan fingerprint density at radius 1 is 1.18 bits per heavy atom. The van der Waals surface area contributed by atoms with Crippen molar-refractivity contribution in [2.24, 2.45) is 0 Å². The Morgan fingerprint density at radius 3 is 2.55 bits per heavy atom. The first-order valence-corrected chi connectivity index (χ1v) is 8.58. The number of hydrogen-bond donors (Lipinski definition) is 0. The first-order chi connectivity index (χ1) is 10.7. The van der Waals surface area contributed by atoms with Crippen LogP contribution in [0.1, 0.15) is 18.9 Å². The van der Waals surface area contributed by atoms with Crippen LogP contribution in [0, 0.1) is 6.92 Å². The second kappa shape index (κ2) is 6.18. The third kappa shape index (κ3) is 2.55. The van der Waals surface area contributed by atoms with E-state index in [0.717, 1.165) is 45.8 Å². The van der Waals surface area contributed by atoms with Crippen LogP contribution in [0.2, 0.25) is 0 Å². The molecule has 0 fully saturated rings. The van der Waals surface area contributed by atoms with Crippen LogP contribution in [0.5, 0.6) is 0 Å². The van der Waals surface area contributed by atoms with Gasteiger partial charge in [0.25, 0.3) is 5.56 Å². The lowest BCUT2D eigenvalue weighted by molar-refractivity contribution is 0.291. The van der Waals surface area contributed by atoms with Crippen molar-refractivity contribution in [1.82, 2.24) is 14.5 Å². The second-order valence-electron chi connectivity index (χ2n) is 5.42. The van der Waals surface area contributed by atoms with Gasteiger partial charge in [0.05, 0.1) is 5.01 Å². The van der Waals surface area contributed by atoms with Crippen molar-refractivity contribution in [2.45, 2.75) is 27.3 Å². The monoisotopic (exact) mass is 315 g/mol. The first-order valence-electron chi connectivity index (χ1n) is 7.76. The topological polar surface area (TPSA) is 38.1 Å². The number of aromatic nitrogens is 2. The molecule has 2 aromatic heterocycles. The molecule has 22 heavy (non-hydrogen) atoms. The minimum absolute atomic E-state index is 0.0962. The van der Waals surface area contributed by atoms with E-state index in [4.69, 9.17) is 0 Å². The third-order valence-corrected chi connectivity index (χ3v) is 5.15. The lowest BCUT2D eigenvalue weighted by Gasteiger charge is -2.19. The lowest BCUT2D eigenvalue weighted by atomic mass is 10.1. The molecule has 1 aromatic carbocycles. The van der Waals surface area contributed by atoms with Gasteiger partial charge in [0.1, 0.15) is 10.3 Å². The molecule has 4 nitrogen and oxygen atoms in total. The van der Waals surface area contributed by atoms with Crippen LogP contribution in [-0.2, 0) is 6.54 Å². The van der Waals surface area contributed by atoms with Gasteiger partial charge in [0, 0.05) is 23.9 Å². The zero-order valence-electron chi connectivity index (χ0n) is 13.3. The standard InChI is InChI=1S/C17H21N3OS/c1-4-19(5-2)10-11-20-16(21)14-9-7-6-8-13(14)15-17(20)22-12(3)18-15/h6-9H,4-5,10-11H2,1-3H3. The van der Waals surface area contributed by atoms with Crippen LogP contribution in [0.4, 0.5) is 0 Å². The van der Waals surface area contributed by atoms with Gasteiger partial charge in [-0.25, -0.2) is 4.98 Å². The number of rotatable bonds is 5. The average Bonchev–Trinajstić information content (AvgIpc) is 2.92. The first kappa shape index (κ1) is 15.2. The summed E-state index contributed by atoms with van der Waals surface area (Å²) in [6, 6.07) is 7.78. The lowest BCUT2D eigenvalue weighted by Crippen LogP contribution is -2.31. The molecule has 0 unspecified atom stereocenters. The summed E-state index contributed by atoms with van der Waals surface area (Å²) < 4.78 is 1.90. The zero-order chi connectivity index (χ0) is 15.7. The van der Waals surface area contributed by atoms with Crippen LogP contribution in [-0.4, -0.2) is 34.1 Å². The van der Waals surface area contributed by atoms with E-state index in [2.05, 4.69) is 23.7 Å². The molecule has 2 heterocycles. The molecule has 3 aromatic rings. The molecule has 0 aliphatic heterocycles. The van der Waals surface area contributed by atoms with Gasteiger partial charge in [-0.1, -0.05) is 32.0 Å². The third-order valence-electron chi connectivity index (χ3n) is 4.15. The number of pyridine rings is 1. The van der Waals surface area contributed by atoms with Gasteiger partial charge in [-0.05, 0) is 26.1 Å². The summed E-state index contributed by atoms with van der Waals surface area (Å²) >= 11 is 1.61. The highest BCUT2D eigenvalue weighted by Gasteiger charge is 2.14. The highest BCUT2D eigenvalue weighted by Crippen LogP contribution is 2.26. The molecular weight excluding hydrogens is 294 g/mol. The molecule has 0 spiro atoms. The van der Waals surface area contributed by atoms with Crippen molar-refractivity contribution in [2.75, 3.05) is 19.6 Å². The van der Waals surface area contributed by atoms with E-state index in [9.17, 15) is 4.79 Å². The van der Waals surface area contributed by atoms with E-state index in [1.165, 1.54) is 0 Å². The number of likely N-dealkylation sites (N-methyl/N-ethyl adjacent to an activating group) is 1. The minimum atomic E-state index is 0.0962. The molecule has 0 aliphatic carbocycles. The molecule has 3 rings (SSSR count). The Labute approximate surface area is 134 Å². The fraction of sp³-hybridized carbons (Fsp3) is 0.412. The van der Waals surface area contributed by atoms with Crippen molar-refractivity contribution < 1.29 is 0 Å². The van der Waals surface area contributed by atoms with E-state index >= 15 is 0 Å². The zero-order valence-corrected chi connectivity index (χ0v) is 14.1. The summed E-state index contributed by atoms with van der Waals surface area (Å²) in [5.74, 6) is 0. The molecule has 5 heteroatoms. The minimum Gasteiger partial charge on any atom is -0.302 e. The number of benzene rings is 1. The van der Waals surface area contributed by atoms with Gasteiger partial charge in [0.15, 0.2) is 0 Å². The van der Waals surface area contributed by atoms with Crippen molar-refractivity contribution in [3.63, 3.8) is 0 Å². The largest absolute Gasteiger partial charge is 0.302 e. The maximum Gasteiger partial charge on any atom is 0.259 e. The van der Waals surface area contributed by atoms with Crippen molar-refractivity contribution in [1.29, 1.82) is 0 Å². The van der Waals surface area contributed by atoms with E-state index in [1.807, 2.05) is 35.8 Å². The highest BCUT2D eigenvalue weighted by atomic mass is 32.1. The molecular formula is C17H21N3OS. The quantitative estimate of drug-likeness (QED) is 0.725. The number of fused-ring (bicyclic) bond motifs is 3. The SMILES string of the molecule is CCN(CC)CCn1c(=O)c2ccccc2c2nc(C)sc21. The van der Waals surface area contributed by atoms with Gasteiger partial charge in [-0.3, -0.25) is 9.36 Å². The fourth-order valence-electron chi connectivity index (χ4n) is 2.87. The molecule has 116 valence electrons. The van der Waals surface area contributed by atoms with Crippen molar-refractivity contribution in [3.8, 4) is 0 Å². The fourth-order valence-corrected chi connectivity index (χ4v) is 3.83. The number of aryl methyl sites for hydroxylation is 1. The molecule has 0 atom stereocenters. The Morgan fingerprint density at radius 2 is 1.86 bits per heavy atom. The smallest absolute Gasteiger partial charge is 0.259 e. The van der Waals surface area contributed by atoms with Crippen LogP contribution in [0.15, 0.2) is 29.1 Å². The summed E-state index contributed by atoms with van der Waals surface area (Å²) in [5, 5.41) is 2.73. The number of nitrogens with zero attached hydrogens (tertiary/aromatic N) is 3. The van der Waals surface area contributed by atoms with E-state index in [0.29, 0.717) is 6.54 Å². The van der Waals surface area contributed by atoms with Crippen molar-refractivity contribution >= 4 is 32.5 Å². The van der Waals surface area contributed by atoms with Gasteiger partial charge in [-0.15, -0.1) is 11.3 Å². The Bertz CT molecular complexity index is 861.